The number of methoxy groups -OCH3 is 1. The predicted molar refractivity (Wildman–Crippen MR) is 56.1 cm³/mol. The average molecular weight is 222 g/mol. The minimum Gasteiger partial charge on any atom is -0.466 e. The van der Waals surface area contributed by atoms with Crippen molar-refractivity contribution in [3.05, 3.63) is 41.0 Å². The molecule has 16 heavy (non-hydrogen) atoms. The molecule has 84 valence electrons. The zero-order valence-corrected chi connectivity index (χ0v) is 8.83. The molecular formula is C12H11FO3. The first kappa shape index (κ1) is 10.7. The minimum absolute atomic E-state index is 0.296. The summed E-state index contributed by atoms with van der Waals surface area (Å²) in [4.78, 5) is 11.5. The molecule has 0 unspecified atom stereocenters. The van der Waals surface area contributed by atoms with Crippen LogP contribution in [-0.4, -0.2) is 19.9 Å². The van der Waals surface area contributed by atoms with E-state index in [1.165, 1.54) is 7.11 Å². The molecule has 0 amide bonds. The monoisotopic (exact) mass is 222 g/mol. The first-order valence-corrected chi connectivity index (χ1v) is 4.86. The number of halogens is 1. The fourth-order valence-corrected chi connectivity index (χ4v) is 1.84. The molecule has 0 bridgehead atoms. The second-order valence-corrected chi connectivity index (χ2v) is 3.39. The van der Waals surface area contributed by atoms with Gasteiger partial charge in [-0.15, -0.1) is 0 Å². The van der Waals surface area contributed by atoms with Crippen LogP contribution in [0.25, 0.3) is 5.76 Å². The molecule has 0 saturated heterocycles. The van der Waals surface area contributed by atoms with Gasteiger partial charge in [-0.3, -0.25) is 0 Å². The van der Waals surface area contributed by atoms with E-state index in [0.29, 0.717) is 17.8 Å². The molecule has 3 nitrogen and oxygen atoms in total. The van der Waals surface area contributed by atoms with Crippen molar-refractivity contribution in [2.24, 2.45) is 0 Å². The largest absolute Gasteiger partial charge is 0.466 e. The number of benzene rings is 1. The van der Waals surface area contributed by atoms with E-state index in [2.05, 4.69) is 4.74 Å². The smallest absolute Gasteiger partial charge is 0.337 e. The van der Waals surface area contributed by atoms with E-state index in [-0.39, 0.29) is 0 Å². The number of hydrogen-bond donors (Lipinski definition) is 0. The molecule has 0 spiro atoms. The van der Waals surface area contributed by atoms with Crippen LogP contribution in [0.15, 0.2) is 29.8 Å². The molecule has 1 aromatic rings. The quantitative estimate of drug-likeness (QED) is 0.734. The van der Waals surface area contributed by atoms with Crippen molar-refractivity contribution in [2.75, 3.05) is 14.0 Å². The van der Waals surface area contributed by atoms with Crippen molar-refractivity contribution >= 4 is 11.7 Å². The standard InChI is InChI=1S/C12H11FO3/c1-15-12(14)10-6-8-4-2-3-5-9(8)11(10)16-7-13/h2-5H,6-7H2,1H3. The van der Waals surface area contributed by atoms with Crippen LogP contribution < -0.4 is 0 Å². The van der Waals surface area contributed by atoms with E-state index in [9.17, 15) is 9.18 Å². The van der Waals surface area contributed by atoms with Crippen LogP contribution in [0.4, 0.5) is 4.39 Å². The normalized spacial score (nSPS) is 13.6. The third-order valence-electron chi connectivity index (χ3n) is 2.53. The Morgan fingerprint density at radius 2 is 2.19 bits per heavy atom. The summed E-state index contributed by atoms with van der Waals surface area (Å²) in [6, 6.07) is 7.37. The predicted octanol–water partition coefficient (Wildman–Crippen LogP) is 2.07. The van der Waals surface area contributed by atoms with Crippen molar-refractivity contribution in [3.63, 3.8) is 0 Å². The molecule has 0 saturated carbocycles. The lowest BCUT2D eigenvalue weighted by atomic mass is 10.1. The molecule has 1 aliphatic rings. The maximum atomic E-state index is 12.3. The van der Waals surface area contributed by atoms with E-state index in [0.717, 1.165) is 11.1 Å². The highest BCUT2D eigenvalue weighted by Gasteiger charge is 2.27. The van der Waals surface area contributed by atoms with E-state index >= 15 is 0 Å². The molecule has 0 aromatic heterocycles. The lowest BCUT2D eigenvalue weighted by Gasteiger charge is -2.06. The molecular weight excluding hydrogens is 211 g/mol. The van der Waals surface area contributed by atoms with Gasteiger partial charge in [0.25, 0.3) is 0 Å². The van der Waals surface area contributed by atoms with Crippen LogP contribution in [0.2, 0.25) is 0 Å². The summed E-state index contributed by atoms with van der Waals surface area (Å²) in [5.41, 5.74) is 2.09. The van der Waals surface area contributed by atoms with E-state index < -0.39 is 12.8 Å². The second kappa shape index (κ2) is 4.35. The highest BCUT2D eigenvalue weighted by atomic mass is 19.1. The van der Waals surface area contributed by atoms with Gasteiger partial charge in [0.2, 0.25) is 6.86 Å². The number of ether oxygens (including phenoxy) is 2. The molecule has 0 N–H and O–H groups in total. The van der Waals surface area contributed by atoms with Crippen LogP contribution >= 0.6 is 0 Å². The number of alkyl halides is 1. The number of rotatable bonds is 3. The zero-order valence-electron chi connectivity index (χ0n) is 8.83. The molecule has 0 aliphatic heterocycles. The Morgan fingerprint density at radius 1 is 1.44 bits per heavy atom. The van der Waals surface area contributed by atoms with Gasteiger partial charge in [0.1, 0.15) is 5.76 Å². The SMILES string of the molecule is COC(=O)C1=C(OCF)c2ccccc2C1. The molecule has 1 aromatic carbocycles. The number of carbonyl (C=O) groups excluding carboxylic acids is 1. The van der Waals surface area contributed by atoms with Crippen LogP contribution in [0, 0.1) is 0 Å². The van der Waals surface area contributed by atoms with Crippen molar-refractivity contribution in [3.8, 4) is 0 Å². The summed E-state index contributed by atoms with van der Waals surface area (Å²) >= 11 is 0. The lowest BCUT2D eigenvalue weighted by molar-refractivity contribution is -0.136. The van der Waals surface area contributed by atoms with Crippen LogP contribution in [0.1, 0.15) is 11.1 Å². The van der Waals surface area contributed by atoms with E-state index in [4.69, 9.17) is 4.74 Å². The topological polar surface area (TPSA) is 35.5 Å². The van der Waals surface area contributed by atoms with Gasteiger partial charge in [-0.05, 0) is 5.56 Å². The van der Waals surface area contributed by atoms with E-state index in [1.807, 2.05) is 18.2 Å². The van der Waals surface area contributed by atoms with Crippen molar-refractivity contribution < 1.29 is 18.7 Å². The van der Waals surface area contributed by atoms with Gasteiger partial charge in [0.05, 0.1) is 12.7 Å². The van der Waals surface area contributed by atoms with Gasteiger partial charge < -0.3 is 9.47 Å². The molecule has 0 radical (unpaired) electrons. The average Bonchev–Trinajstić information content (AvgIpc) is 2.68. The number of esters is 1. The van der Waals surface area contributed by atoms with Gasteiger partial charge in [0, 0.05) is 12.0 Å². The fraction of sp³-hybridized carbons (Fsp3) is 0.250. The second-order valence-electron chi connectivity index (χ2n) is 3.39. The highest BCUT2D eigenvalue weighted by Crippen LogP contribution is 2.33. The van der Waals surface area contributed by atoms with E-state index in [1.54, 1.807) is 6.07 Å². The maximum Gasteiger partial charge on any atom is 0.337 e. The van der Waals surface area contributed by atoms with Gasteiger partial charge in [-0.25, -0.2) is 9.18 Å². The Kier molecular flexibility index (Phi) is 2.90. The Balaban J connectivity index is 2.44. The molecule has 4 heteroatoms. The highest BCUT2D eigenvalue weighted by molar-refractivity contribution is 5.99. The van der Waals surface area contributed by atoms with Crippen LogP contribution in [-0.2, 0) is 20.7 Å². The lowest BCUT2D eigenvalue weighted by Crippen LogP contribution is -2.06. The first-order chi connectivity index (χ1) is 7.77. The third-order valence-corrected chi connectivity index (χ3v) is 2.53. The molecule has 0 atom stereocenters. The number of hydrogen-bond acceptors (Lipinski definition) is 3. The van der Waals surface area contributed by atoms with Crippen molar-refractivity contribution in [2.45, 2.75) is 6.42 Å². The summed E-state index contributed by atoms with van der Waals surface area (Å²) in [5.74, 6) is -0.176. The van der Waals surface area contributed by atoms with Crippen LogP contribution in [0.3, 0.4) is 0 Å². The number of carbonyl (C=O) groups is 1. The molecule has 0 heterocycles. The Hall–Kier alpha value is -1.84. The third kappa shape index (κ3) is 1.66. The van der Waals surface area contributed by atoms with Gasteiger partial charge in [0.15, 0.2) is 0 Å². The van der Waals surface area contributed by atoms with Crippen LogP contribution in [0.5, 0.6) is 0 Å². The summed E-state index contributed by atoms with van der Waals surface area (Å²) < 4.78 is 21.8. The van der Waals surface area contributed by atoms with Gasteiger partial charge >= 0.3 is 5.97 Å². The van der Waals surface area contributed by atoms with Crippen molar-refractivity contribution in [1.29, 1.82) is 0 Å². The zero-order chi connectivity index (χ0) is 11.5. The fourth-order valence-electron chi connectivity index (χ4n) is 1.84. The van der Waals surface area contributed by atoms with Gasteiger partial charge in [-0.1, -0.05) is 24.3 Å². The Bertz CT molecular complexity index is 451. The summed E-state index contributed by atoms with van der Waals surface area (Å²) in [6.45, 7) is -0.954. The Morgan fingerprint density at radius 3 is 2.88 bits per heavy atom. The maximum absolute atomic E-state index is 12.3. The number of fused-ring (bicyclic) bond motifs is 1. The minimum atomic E-state index is -0.954. The summed E-state index contributed by atoms with van der Waals surface area (Å²) in [7, 11) is 1.30. The van der Waals surface area contributed by atoms with Gasteiger partial charge in [-0.2, -0.15) is 0 Å². The Labute approximate surface area is 92.5 Å². The molecule has 0 fully saturated rings. The summed E-state index contributed by atoms with van der Waals surface area (Å²) in [5, 5.41) is 0. The first-order valence-electron chi connectivity index (χ1n) is 4.86. The van der Waals surface area contributed by atoms with Crippen molar-refractivity contribution in [1.82, 2.24) is 0 Å². The molecule has 1 aliphatic carbocycles. The summed E-state index contributed by atoms with van der Waals surface area (Å²) in [6.07, 6.45) is 0.429. The molecule has 2 rings (SSSR count).